The Hall–Kier alpha value is -1.87. The van der Waals surface area contributed by atoms with Crippen molar-refractivity contribution in [3.05, 3.63) is 53.8 Å². The minimum absolute atomic E-state index is 0.0317. The molecule has 0 aliphatic rings. The summed E-state index contributed by atoms with van der Waals surface area (Å²) in [6, 6.07) is 12.8. The Morgan fingerprint density at radius 1 is 1.16 bits per heavy atom. The maximum Gasteiger partial charge on any atom is 0.172 e. The van der Waals surface area contributed by atoms with E-state index in [0.717, 1.165) is 17.5 Å². The van der Waals surface area contributed by atoms with Gasteiger partial charge in [0.15, 0.2) is 11.6 Å². The van der Waals surface area contributed by atoms with E-state index in [1.165, 1.54) is 7.11 Å². The van der Waals surface area contributed by atoms with Gasteiger partial charge in [0.2, 0.25) is 0 Å². The summed E-state index contributed by atoms with van der Waals surface area (Å²) in [5.74, 6) is -0.0793. The summed E-state index contributed by atoms with van der Waals surface area (Å²) in [6.45, 7) is 2.04. The van der Waals surface area contributed by atoms with E-state index in [2.05, 4.69) is 0 Å². The second-order valence-electron chi connectivity index (χ2n) is 4.46. The van der Waals surface area contributed by atoms with Crippen LogP contribution in [0, 0.1) is 5.82 Å². The van der Waals surface area contributed by atoms with Gasteiger partial charge in [-0.15, -0.1) is 0 Å². The van der Waals surface area contributed by atoms with Gasteiger partial charge in [0.25, 0.3) is 0 Å². The van der Waals surface area contributed by atoms with Crippen LogP contribution in [0.4, 0.5) is 4.39 Å². The van der Waals surface area contributed by atoms with Crippen molar-refractivity contribution in [1.82, 2.24) is 0 Å². The Kier molecular flexibility index (Phi) is 4.17. The molecule has 0 aliphatic carbocycles. The van der Waals surface area contributed by atoms with Crippen LogP contribution in [0.5, 0.6) is 5.75 Å². The molecule has 2 aromatic rings. The Morgan fingerprint density at radius 3 is 2.42 bits per heavy atom. The molecule has 100 valence electrons. The molecule has 0 aromatic heterocycles. The van der Waals surface area contributed by atoms with Gasteiger partial charge in [0.1, 0.15) is 0 Å². The molecule has 0 fully saturated rings. The fourth-order valence-corrected chi connectivity index (χ4v) is 2.04. The summed E-state index contributed by atoms with van der Waals surface area (Å²) in [7, 11) is 1.46. The van der Waals surface area contributed by atoms with Gasteiger partial charge >= 0.3 is 0 Å². The molecule has 0 amide bonds. The van der Waals surface area contributed by atoms with Crippen LogP contribution in [0.2, 0.25) is 0 Å². The Bertz CT molecular complexity index is 551. The lowest BCUT2D eigenvalue weighted by atomic mass is 9.99. The van der Waals surface area contributed by atoms with Crippen molar-refractivity contribution in [3.8, 4) is 16.9 Å². The molecule has 2 rings (SSSR count). The van der Waals surface area contributed by atoms with Crippen LogP contribution in [0.3, 0.4) is 0 Å². The number of halogens is 1. The highest BCUT2D eigenvalue weighted by molar-refractivity contribution is 5.66. The smallest absolute Gasteiger partial charge is 0.172 e. The minimum Gasteiger partial charge on any atom is -0.494 e. The van der Waals surface area contributed by atoms with Crippen molar-refractivity contribution in [3.63, 3.8) is 0 Å². The molecule has 0 aliphatic heterocycles. The molecular formula is C16H18FNO. The number of nitrogens with two attached hydrogens (primary N) is 1. The number of rotatable bonds is 4. The van der Waals surface area contributed by atoms with Crippen molar-refractivity contribution >= 4 is 0 Å². The van der Waals surface area contributed by atoms with Crippen LogP contribution in [-0.2, 0) is 0 Å². The molecule has 19 heavy (non-hydrogen) atoms. The topological polar surface area (TPSA) is 35.2 Å². The number of methoxy groups -OCH3 is 1. The third-order valence-corrected chi connectivity index (χ3v) is 3.27. The number of hydrogen-bond donors (Lipinski definition) is 1. The minimum atomic E-state index is -0.336. The first-order valence-corrected chi connectivity index (χ1v) is 6.35. The largest absolute Gasteiger partial charge is 0.494 e. The van der Waals surface area contributed by atoms with Crippen LogP contribution in [0.1, 0.15) is 24.9 Å². The Labute approximate surface area is 113 Å². The van der Waals surface area contributed by atoms with E-state index in [0.29, 0.717) is 5.56 Å². The number of hydrogen-bond acceptors (Lipinski definition) is 2. The zero-order valence-electron chi connectivity index (χ0n) is 11.2. The standard InChI is InChI=1S/C16H18FNO/c1-3-14(18)12-9-7-11(8-10-12)13-5-4-6-15(19-2)16(13)17/h4-10,14H,3,18H2,1-2H3. The van der Waals surface area contributed by atoms with E-state index >= 15 is 0 Å². The van der Waals surface area contributed by atoms with Crippen molar-refractivity contribution < 1.29 is 9.13 Å². The Morgan fingerprint density at radius 2 is 1.84 bits per heavy atom. The highest BCUT2D eigenvalue weighted by Crippen LogP contribution is 2.29. The van der Waals surface area contributed by atoms with Crippen molar-refractivity contribution in [2.24, 2.45) is 5.73 Å². The van der Waals surface area contributed by atoms with Gasteiger partial charge in [-0.3, -0.25) is 0 Å². The predicted octanol–water partition coefficient (Wildman–Crippen LogP) is 3.91. The van der Waals surface area contributed by atoms with Gasteiger partial charge < -0.3 is 10.5 Å². The molecule has 2 N–H and O–H groups in total. The van der Waals surface area contributed by atoms with Crippen LogP contribution in [0.15, 0.2) is 42.5 Å². The second kappa shape index (κ2) is 5.85. The molecule has 0 spiro atoms. The van der Waals surface area contributed by atoms with Gasteiger partial charge in [-0.1, -0.05) is 43.3 Å². The van der Waals surface area contributed by atoms with E-state index in [1.807, 2.05) is 31.2 Å². The van der Waals surface area contributed by atoms with Gasteiger partial charge in [-0.2, -0.15) is 0 Å². The zero-order chi connectivity index (χ0) is 13.8. The van der Waals surface area contributed by atoms with Gasteiger partial charge in [0, 0.05) is 11.6 Å². The molecule has 0 radical (unpaired) electrons. The van der Waals surface area contributed by atoms with Crippen LogP contribution in [-0.4, -0.2) is 7.11 Å². The lowest BCUT2D eigenvalue weighted by Gasteiger charge is -2.11. The fraction of sp³-hybridized carbons (Fsp3) is 0.250. The first kappa shape index (κ1) is 13.6. The molecule has 1 atom stereocenters. The van der Waals surface area contributed by atoms with E-state index in [-0.39, 0.29) is 17.6 Å². The summed E-state index contributed by atoms with van der Waals surface area (Å²) >= 11 is 0. The third-order valence-electron chi connectivity index (χ3n) is 3.27. The Balaban J connectivity index is 2.37. The van der Waals surface area contributed by atoms with Crippen molar-refractivity contribution in [2.45, 2.75) is 19.4 Å². The van der Waals surface area contributed by atoms with Gasteiger partial charge in [-0.05, 0) is 23.6 Å². The monoisotopic (exact) mass is 259 g/mol. The van der Waals surface area contributed by atoms with E-state index in [9.17, 15) is 4.39 Å². The first-order chi connectivity index (χ1) is 9.17. The highest BCUT2D eigenvalue weighted by Gasteiger charge is 2.10. The lowest BCUT2D eigenvalue weighted by molar-refractivity contribution is 0.387. The third kappa shape index (κ3) is 2.76. The summed E-state index contributed by atoms with van der Waals surface area (Å²) < 4.78 is 19.1. The molecule has 3 heteroatoms. The number of ether oxygens (including phenoxy) is 1. The first-order valence-electron chi connectivity index (χ1n) is 6.35. The van der Waals surface area contributed by atoms with Crippen molar-refractivity contribution in [1.29, 1.82) is 0 Å². The predicted molar refractivity (Wildman–Crippen MR) is 75.6 cm³/mol. The number of benzene rings is 2. The summed E-state index contributed by atoms with van der Waals surface area (Å²) in [6.07, 6.45) is 0.882. The summed E-state index contributed by atoms with van der Waals surface area (Å²) in [4.78, 5) is 0. The lowest BCUT2D eigenvalue weighted by Crippen LogP contribution is -2.08. The molecule has 0 bridgehead atoms. The second-order valence-corrected chi connectivity index (χ2v) is 4.46. The molecular weight excluding hydrogens is 241 g/mol. The normalized spacial score (nSPS) is 12.2. The molecule has 1 unspecified atom stereocenters. The average molecular weight is 259 g/mol. The zero-order valence-corrected chi connectivity index (χ0v) is 11.2. The molecule has 2 aromatic carbocycles. The van der Waals surface area contributed by atoms with Gasteiger partial charge in [0.05, 0.1) is 7.11 Å². The highest BCUT2D eigenvalue weighted by atomic mass is 19.1. The van der Waals surface area contributed by atoms with Crippen LogP contribution >= 0.6 is 0 Å². The fourth-order valence-electron chi connectivity index (χ4n) is 2.04. The van der Waals surface area contributed by atoms with E-state index in [4.69, 9.17) is 10.5 Å². The van der Waals surface area contributed by atoms with Crippen molar-refractivity contribution in [2.75, 3.05) is 7.11 Å². The van der Waals surface area contributed by atoms with Crippen LogP contribution in [0.25, 0.3) is 11.1 Å². The maximum absolute atomic E-state index is 14.1. The molecule has 0 saturated carbocycles. The maximum atomic E-state index is 14.1. The molecule has 0 heterocycles. The van der Waals surface area contributed by atoms with E-state index in [1.54, 1.807) is 18.2 Å². The molecule has 0 saturated heterocycles. The summed E-state index contributed by atoms with van der Waals surface area (Å²) in [5, 5.41) is 0. The van der Waals surface area contributed by atoms with Gasteiger partial charge in [-0.25, -0.2) is 4.39 Å². The van der Waals surface area contributed by atoms with E-state index < -0.39 is 0 Å². The summed E-state index contributed by atoms with van der Waals surface area (Å²) in [5.41, 5.74) is 8.39. The van der Waals surface area contributed by atoms with Crippen LogP contribution < -0.4 is 10.5 Å². The molecule has 2 nitrogen and oxygen atoms in total. The SMILES string of the molecule is CCC(N)c1ccc(-c2cccc(OC)c2F)cc1. The quantitative estimate of drug-likeness (QED) is 0.903. The average Bonchev–Trinajstić information content (AvgIpc) is 2.47.